The van der Waals surface area contributed by atoms with Gasteiger partial charge in [-0.1, -0.05) is 0 Å². The van der Waals surface area contributed by atoms with E-state index >= 15 is 0 Å². The van der Waals surface area contributed by atoms with Gasteiger partial charge in [0.05, 0.1) is 12.2 Å². The van der Waals surface area contributed by atoms with Gasteiger partial charge in [0.2, 0.25) is 5.91 Å². The predicted octanol–water partition coefficient (Wildman–Crippen LogP) is 2.15. The molecule has 2 aromatic rings. The van der Waals surface area contributed by atoms with Gasteiger partial charge >= 0.3 is 0 Å². The lowest BCUT2D eigenvalue weighted by Crippen LogP contribution is -2.42. The Hall–Kier alpha value is -2.41. The zero-order valence-corrected chi connectivity index (χ0v) is 14.6. The molecule has 0 radical (unpaired) electrons. The Balaban J connectivity index is 1.55. The van der Waals surface area contributed by atoms with Crippen LogP contribution < -0.4 is 4.74 Å². The zero-order chi connectivity index (χ0) is 17.2. The Labute approximate surface area is 150 Å². The van der Waals surface area contributed by atoms with Crippen LogP contribution in [0.3, 0.4) is 0 Å². The number of fused-ring (bicyclic) bond motifs is 1. The van der Waals surface area contributed by atoms with Crippen molar-refractivity contribution in [1.82, 2.24) is 14.8 Å². The Morgan fingerprint density at radius 1 is 1.24 bits per heavy atom. The van der Waals surface area contributed by atoms with E-state index in [1.165, 1.54) is 0 Å². The lowest BCUT2D eigenvalue weighted by Gasteiger charge is -2.23. The summed E-state index contributed by atoms with van der Waals surface area (Å²) in [5, 5.41) is 4.04. The largest absolute Gasteiger partial charge is 0.482 e. The van der Waals surface area contributed by atoms with E-state index in [0.29, 0.717) is 18.0 Å². The molecule has 0 unspecified atom stereocenters. The average molecular weight is 357 g/mol. The van der Waals surface area contributed by atoms with Crippen molar-refractivity contribution >= 4 is 23.2 Å². The molecule has 0 aliphatic carbocycles. The number of amides is 2. The van der Waals surface area contributed by atoms with Crippen molar-refractivity contribution in [2.75, 3.05) is 26.2 Å². The number of pyridine rings is 1. The lowest BCUT2D eigenvalue weighted by molar-refractivity contribution is -0.141. The van der Waals surface area contributed by atoms with Crippen molar-refractivity contribution in [2.24, 2.45) is 0 Å². The average Bonchev–Trinajstić information content (AvgIpc) is 3.31. The molecule has 0 saturated carbocycles. The number of carbonyl (C=O) groups excluding carboxylic acids is 2. The van der Waals surface area contributed by atoms with Crippen molar-refractivity contribution < 1.29 is 14.3 Å². The summed E-state index contributed by atoms with van der Waals surface area (Å²) in [6.45, 7) is 1.90. The third-order valence-electron chi connectivity index (χ3n) is 4.58. The van der Waals surface area contributed by atoms with E-state index < -0.39 is 0 Å². The molecule has 25 heavy (non-hydrogen) atoms. The second-order valence-corrected chi connectivity index (χ2v) is 7.06. The van der Waals surface area contributed by atoms with Crippen molar-refractivity contribution in [2.45, 2.75) is 19.4 Å². The number of hydrogen-bond acceptors (Lipinski definition) is 5. The summed E-state index contributed by atoms with van der Waals surface area (Å²) in [6, 6.07) is 5.77. The molecule has 2 aliphatic heterocycles. The van der Waals surface area contributed by atoms with Crippen molar-refractivity contribution in [3.63, 3.8) is 0 Å². The molecule has 2 amide bonds. The van der Waals surface area contributed by atoms with Gasteiger partial charge in [-0.15, -0.1) is 0 Å². The number of hydrogen-bond donors (Lipinski definition) is 0. The first-order chi connectivity index (χ1) is 12.2. The van der Waals surface area contributed by atoms with Crippen molar-refractivity contribution in [3.05, 3.63) is 34.7 Å². The molecule has 0 bridgehead atoms. The summed E-state index contributed by atoms with van der Waals surface area (Å²) in [5.41, 5.74) is 2.59. The van der Waals surface area contributed by atoms with E-state index in [-0.39, 0.29) is 25.0 Å². The zero-order valence-electron chi connectivity index (χ0n) is 13.8. The van der Waals surface area contributed by atoms with Crippen molar-refractivity contribution in [3.8, 4) is 17.0 Å². The molecular weight excluding hydrogens is 338 g/mol. The van der Waals surface area contributed by atoms with E-state index in [1.807, 2.05) is 33.9 Å². The second kappa shape index (κ2) is 6.84. The van der Waals surface area contributed by atoms with Gasteiger partial charge in [0.1, 0.15) is 18.0 Å². The van der Waals surface area contributed by atoms with Crippen LogP contribution in [-0.4, -0.2) is 52.8 Å². The molecule has 7 heteroatoms. The number of ether oxygens (including phenoxy) is 1. The predicted molar refractivity (Wildman–Crippen MR) is 94.3 cm³/mol. The fourth-order valence-electron chi connectivity index (χ4n) is 3.18. The molecule has 0 N–H and O–H groups in total. The Bertz CT molecular complexity index is 785. The molecule has 0 aromatic carbocycles. The number of thiophene rings is 1. The topological polar surface area (TPSA) is 62.7 Å². The third-order valence-corrected chi connectivity index (χ3v) is 5.26. The SMILES string of the molecule is O=C(CN1Cc2nc(-c3ccsc3)ccc2OCC1=O)N1CCCC1. The van der Waals surface area contributed by atoms with Gasteiger partial charge in [-0.2, -0.15) is 11.3 Å². The van der Waals surface area contributed by atoms with Crippen molar-refractivity contribution in [1.29, 1.82) is 0 Å². The van der Waals surface area contributed by atoms with E-state index in [4.69, 9.17) is 4.74 Å². The third kappa shape index (κ3) is 3.37. The van der Waals surface area contributed by atoms with Crippen LogP contribution in [0.5, 0.6) is 5.75 Å². The number of likely N-dealkylation sites (tertiary alicyclic amines) is 1. The summed E-state index contributed by atoms with van der Waals surface area (Å²) in [7, 11) is 0. The fourth-order valence-corrected chi connectivity index (χ4v) is 3.83. The van der Waals surface area contributed by atoms with Crippen LogP contribution in [-0.2, 0) is 16.1 Å². The van der Waals surface area contributed by atoms with E-state index in [9.17, 15) is 9.59 Å². The minimum Gasteiger partial charge on any atom is -0.482 e. The summed E-state index contributed by atoms with van der Waals surface area (Å²) < 4.78 is 5.59. The first kappa shape index (κ1) is 16.1. The van der Waals surface area contributed by atoms with Gasteiger partial charge in [-0.3, -0.25) is 9.59 Å². The molecule has 6 nitrogen and oxygen atoms in total. The molecule has 130 valence electrons. The van der Waals surface area contributed by atoms with Crippen LogP contribution >= 0.6 is 11.3 Å². The Morgan fingerprint density at radius 3 is 2.84 bits per heavy atom. The minimum absolute atomic E-state index is 0.00305. The summed E-state index contributed by atoms with van der Waals surface area (Å²) in [5.74, 6) is 0.439. The number of aromatic nitrogens is 1. The smallest absolute Gasteiger partial charge is 0.261 e. The highest BCUT2D eigenvalue weighted by atomic mass is 32.1. The van der Waals surface area contributed by atoms with Crippen LogP contribution in [0.25, 0.3) is 11.3 Å². The molecule has 2 aliphatic rings. The van der Waals surface area contributed by atoms with Gasteiger partial charge in [-0.25, -0.2) is 4.98 Å². The molecule has 0 atom stereocenters. The van der Waals surface area contributed by atoms with Crippen LogP contribution in [0.1, 0.15) is 18.5 Å². The molecular formula is C18H19N3O3S. The Kier molecular flexibility index (Phi) is 4.40. The second-order valence-electron chi connectivity index (χ2n) is 6.28. The molecule has 2 aromatic heterocycles. The summed E-state index contributed by atoms with van der Waals surface area (Å²) in [4.78, 5) is 32.8. The van der Waals surface area contributed by atoms with Crippen LogP contribution in [0.4, 0.5) is 0 Å². The molecule has 1 fully saturated rings. The highest BCUT2D eigenvalue weighted by Gasteiger charge is 2.27. The number of rotatable bonds is 3. The maximum Gasteiger partial charge on any atom is 0.261 e. The van der Waals surface area contributed by atoms with E-state index in [0.717, 1.165) is 37.2 Å². The Morgan fingerprint density at radius 2 is 2.08 bits per heavy atom. The number of carbonyl (C=O) groups is 2. The van der Waals surface area contributed by atoms with Crippen LogP contribution in [0.2, 0.25) is 0 Å². The monoisotopic (exact) mass is 357 g/mol. The molecule has 4 heterocycles. The molecule has 1 saturated heterocycles. The van der Waals surface area contributed by atoms with Gasteiger partial charge in [0.25, 0.3) is 5.91 Å². The molecule has 0 spiro atoms. The van der Waals surface area contributed by atoms with E-state index in [1.54, 1.807) is 16.2 Å². The maximum atomic E-state index is 12.4. The normalized spacial score (nSPS) is 17.2. The standard InChI is InChI=1S/C18H19N3O3S/c22-17(20-6-1-2-7-20)10-21-9-15-16(24-11-18(21)23)4-3-14(19-15)13-5-8-25-12-13/h3-5,8,12H,1-2,6-7,9-11H2. The lowest BCUT2D eigenvalue weighted by atomic mass is 10.2. The summed E-state index contributed by atoms with van der Waals surface area (Å²) in [6.07, 6.45) is 2.08. The van der Waals surface area contributed by atoms with Gasteiger partial charge < -0.3 is 14.5 Å². The van der Waals surface area contributed by atoms with Gasteiger partial charge in [0, 0.05) is 24.0 Å². The van der Waals surface area contributed by atoms with Gasteiger partial charge in [0.15, 0.2) is 6.61 Å². The highest BCUT2D eigenvalue weighted by molar-refractivity contribution is 7.08. The summed E-state index contributed by atoms with van der Waals surface area (Å²) >= 11 is 1.61. The van der Waals surface area contributed by atoms with Crippen LogP contribution in [0, 0.1) is 0 Å². The fraction of sp³-hybridized carbons (Fsp3) is 0.389. The van der Waals surface area contributed by atoms with Crippen LogP contribution in [0.15, 0.2) is 29.0 Å². The minimum atomic E-state index is -0.178. The first-order valence-corrected chi connectivity index (χ1v) is 9.36. The highest BCUT2D eigenvalue weighted by Crippen LogP contribution is 2.27. The maximum absolute atomic E-state index is 12.4. The number of nitrogens with zero attached hydrogens (tertiary/aromatic N) is 3. The van der Waals surface area contributed by atoms with Gasteiger partial charge in [-0.05, 0) is 36.4 Å². The molecule has 4 rings (SSSR count). The first-order valence-electron chi connectivity index (χ1n) is 8.41. The van der Waals surface area contributed by atoms with E-state index in [2.05, 4.69) is 4.98 Å². The quantitative estimate of drug-likeness (QED) is 0.844.